The van der Waals surface area contributed by atoms with Gasteiger partial charge in [0.05, 0.1) is 5.56 Å². The minimum Gasteiger partial charge on any atom is -0.480 e. The summed E-state index contributed by atoms with van der Waals surface area (Å²) in [6.45, 7) is 1.36. The third-order valence-corrected chi connectivity index (χ3v) is 1.80. The van der Waals surface area contributed by atoms with Crippen LogP contribution in [0.15, 0.2) is 12.4 Å². The molecule has 1 amide bonds. The van der Waals surface area contributed by atoms with Crippen LogP contribution in [0, 0.1) is 0 Å². The Labute approximate surface area is 90.3 Å². The predicted molar refractivity (Wildman–Crippen MR) is 51.6 cm³/mol. The van der Waals surface area contributed by atoms with Gasteiger partial charge in [-0.25, -0.2) is 9.97 Å². The molecule has 0 aliphatic carbocycles. The SMILES string of the molecule is CC(NC(=O)c1cnc(Cl)nc1)C(=O)O. The maximum Gasteiger partial charge on any atom is 0.325 e. The van der Waals surface area contributed by atoms with Gasteiger partial charge in [0.15, 0.2) is 0 Å². The number of carbonyl (C=O) groups is 2. The molecule has 0 radical (unpaired) electrons. The number of rotatable bonds is 3. The molecule has 7 heteroatoms. The summed E-state index contributed by atoms with van der Waals surface area (Å²) >= 11 is 5.42. The molecule has 0 saturated carbocycles. The second-order valence-electron chi connectivity index (χ2n) is 2.77. The molecule has 6 nitrogen and oxygen atoms in total. The first-order valence-electron chi connectivity index (χ1n) is 4.02. The number of halogens is 1. The van der Waals surface area contributed by atoms with E-state index in [1.165, 1.54) is 19.3 Å². The lowest BCUT2D eigenvalue weighted by molar-refractivity contribution is -0.138. The van der Waals surface area contributed by atoms with Crippen LogP contribution in [0.5, 0.6) is 0 Å². The molecule has 1 rings (SSSR count). The van der Waals surface area contributed by atoms with Crippen molar-refractivity contribution in [1.29, 1.82) is 0 Å². The molecule has 1 unspecified atom stereocenters. The number of nitrogens with one attached hydrogen (secondary N) is 1. The highest BCUT2D eigenvalue weighted by molar-refractivity contribution is 6.28. The summed E-state index contributed by atoms with van der Waals surface area (Å²) in [6.07, 6.45) is 2.44. The number of amides is 1. The Morgan fingerprint density at radius 3 is 2.47 bits per heavy atom. The first kappa shape index (κ1) is 11.4. The summed E-state index contributed by atoms with van der Waals surface area (Å²) in [5.41, 5.74) is 0.160. The number of aliphatic carboxylic acids is 1. The van der Waals surface area contributed by atoms with E-state index in [0.29, 0.717) is 0 Å². The number of hydrogen-bond acceptors (Lipinski definition) is 4. The van der Waals surface area contributed by atoms with Crippen molar-refractivity contribution in [3.63, 3.8) is 0 Å². The maximum absolute atomic E-state index is 11.4. The van der Waals surface area contributed by atoms with Crippen molar-refractivity contribution < 1.29 is 14.7 Å². The summed E-state index contributed by atoms with van der Waals surface area (Å²) in [4.78, 5) is 29.0. The molecule has 1 aromatic rings. The standard InChI is InChI=1S/C8H8ClN3O3/c1-4(7(14)15)12-6(13)5-2-10-8(9)11-3-5/h2-4H,1H3,(H,12,13)(H,14,15). The number of hydrogen-bond donors (Lipinski definition) is 2. The summed E-state index contributed by atoms with van der Waals surface area (Å²) in [6, 6.07) is -0.965. The fraction of sp³-hybridized carbons (Fsp3) is 0.250. The predicted octanol–water partition coefficient (Wildman–Crippen LogP) is 0.333. The van der Waals surface area contributed by atoms with E-state index >= 15 is 0 Å². The number of carboxylic acid groups (broad SMARTS) is 1. The lowest BCUT2D eigenvalue weighted by Crippen LogP contribution is -2.38. The van der Waals surface area contributed by atoms with Gasteiger partial charge in [-0.2, -0.15) is 0 Å². The highest BCUT2D eigenvalue weighted by Gasteiger charge is 2.15. The normalized spacial score (nSPS) is 11.9. The van der Waals surface area contributed by atoms with Crippen molar-refractivity contribution in [2.45, 2.75) is 13.0 Å². The van der Waals surface area contributed by atoms with Gasteiger partial charge in [-0.15, -0.1) is 0 Å². The smallest absolute Gasteiger partial charge is 0.325 e. The van der Waals surface area contributed by atoms with Crippen LogP contribution in [0.25, 0.3) is 0 Å². The molecule has 0 aliphatic heterocycles. The first-order valence-corrected chi connectivity index (χ1v) is 4.39. The Hall–Kier alpha value is -1.69. The van der Waals surface area contributed by atoms with Crippen molar-refractivity contribution in [1.82, 2.24) is 15.3 Å². The van der Waals surface area contributed by atoms with Crippen LogP contribution >= 0.6 is 11.6 Å². The zero-order valence-electron chi connectivity index (χ0n) is 7.77. The van der Waals surface area contributed by atoms with E-state index in [9.17, 15) is 9.59 Å². The second-order valence-corrected chi connectivity index (χ2v) is 3.11. The number of carbonyl (C=O) groups excluding carboxylic acids is 1. The highest BCUT2D eigenvalue weighted by Crippen LogP contribution is 2.00. The zero-order valence-corrected chi connectivity index (χ0v) is 8.52. The Morgan fingerprint density at radius 1 is 1.47 bits per heavy atom. The second kappa shape index (κ2) is 4.70. The van der Waals surface area contributed by atoms with Gasteiger partial charge in [0, 0.05) is 12.4 Å². The molecule has 0 bridgehead atoms. The van der Waals surface area contributed by atoms with E-state index in [1.54, 1.807) is 0 Å². The molecular weight excluding hydrogens is 222 g/mol. The van der Waals surface area contributed by atoms with Crippen molar-refractivity contribution in [2.24, 2.45) is 0 Å². The van der Waals surface area contributed by atoms with E-state index in [4.69, 9.17) is 16.7 Å². The number of nitrogens with zero attached hydrogens (tertiary/aromatic N) is 2. The lowest BCUT2D eigenvalue weighted by atomic mass is 10.3. The topological polar surface area (TPSA) is 92.2 Å². The van der Waals surface area contributed by atoms with Gasteiger partial charge >= 0.3 is 5.97 Å². The largest absolute Gasteiger partial charge is 0.480 e. The molecule has 0 aliphatic rings. The van der Waals surface area contributed by atoms with Crippen LogP contribution in [-0.4, -0.2) is 33.0 Å². The quantitative estimate of drug-likeness (QED) is 0.729. The van der Waals surface area contributed by atoms with E-state index in [-0.39, 0.29) is 10.8 Å². The van der Waals surface area contributed by atoms with Gasteiger partial charge in [0.2, 0.25) is 5.28 Å². The van der Waals surface area contributed by atoms with Crippen LogP contribution in [-0.2, 0) is 4.79 Å². The van der Waals surface area contributed by atoms with Gasteiger partial charge in [-0.1, -0.05) is 0 Å². The van der Waals surface area contributed by atoms with Crippen LogP contribution < -0.4 is 5.32 Å². The summed E-state index contributed by atoms with van der Waals surface area (Å²) in [5, 5.41) is 10.8. The molecule has 1 heterocycles. The Kier molecular flexibility index (Phi) is 3.56. The molecule has 80 valence electrons. The fourth-order valence-electron chi connectivity index (χ4n) is 0.771. The molecule has 0 spiro atoms. The third kappa shape index (κ3) is 3.17. The highest BCUT2D eigenvalue weighted by atomic mass is 35.5. The van der Waals surface area contributed by atoms with Gasteiger partial charge in [-0.3, -0.25) is 9.59 Å². The van der Waals surface area contributed by atoms with Crippen molar-refractivity contribution in [3.05, 3.63) is 23.2 Å². The number of carboxylic acids is 1. The van der Waals surface area contributed by atoms with E-state index in [0.717, 1.165) is 0 Å². The fourth-order valence-corrected chi connectivity index (χ4v) is 0.869. The van der Waals surface area contributed by atoms with Gasteiger partial charge in [0.1, 0.15) is 6.04 Å². The number of aromatic nitrogens is 2. The van der Waals surface area contributed by atoms with E-state index in [2.05, 4.69) is 15.3 Å². The minimum atomic E-state index is -1.11. The van der Waals surface area contributed by atoms with Crippen molar-refractivity contribution in [3.8, 4) is 0 Å². The average Bonchev–Trinajstić information content (AvgIpc) is 2.18. The van der Waals surface area contributed by atoms with Crippen LogP contribution in [0.3, 0.4) is 0 Å². The molecule has 0 saturated heterocycles. The van der Waals surface area contributed by atoms with Crippen molar-refractivity contribution >= 4 is 23.5 Å². The zero-order chi connectivity index (χ0) is 11.4. The Morgan fingerprint density at radius 2 is 2.00 bits per heavy atom. The van der Waals surface area contributed by atoms with Gasteiger partial charge in [0.25, 0.3) is 5.91 Å². The van der Waals surface area contributed by atoms with Crippen LogP contribution in [0.2, 0.25) is 5.28 Å². The molecule has 0 fully saturated rings. The molecule has 0 aromatic carbocycles. The van der Waals surface area contributed by atoms with Gasteiger partial charge < -0.3 is 10.4 Å². The Balaban J connectivity index is 2.69. The van der Waals surface area contributed by atoms with E-state index < -0.39 is 17.9 Å². The third-order valence-electron chi connectivity index (χ3n) is 1.60. The first-order chi connectivity index (χ1) is 7.00. The Bertz CT molecular complexity index is 379. The molecule has 2 N–H and O–H groups in total. The van der Waals surface area contributed by atoms with E-state index in [1.807, 2.05) is 0 Å². The lowest BCUT2D eigenvalue weighted by Gasteiger charge is -2.08. The summed E-state index contributed by atoms with van der Waals surface area (Å²) < 4.78 is 0. The molecular formula is C8H8ClN3O3. The molecule has 1 aromatic heterocycles. The minimum absolute atomic E-state index is 0.0258. The molecule has 1 atom stereocenters. The monoisotopic (exact) mass is 229 g/mol. The van der Waals surface area contributed by atoms with Crippen LogP contribution in [0.4, 0.5) is 0 Å². The van der Waals surface area contributed by atoms with Gasteiger partial charge in [-0.05, 0) is 18.5 Å². The summed E-state index contributed by atoms with van der Waals surface area (Å²) in [7, 11) is 0. The summed E-state index contributed by atoms with van der Waals surface area (Å²) in [5.74, 6) is -1.67. The maximum atomic E-state index is 11.4. The van der Waals surface area contributed by atoms with Crippen LogP contribution in [0.1, 0.15) is 17.3 Å². The average molecular weight is 230 g/mol. The molecule has 15 heavy (non-hydrogen) atoms. The van der Waals surface area contributed by atoms with Crippen molar-refractivity contribution in [2.75, 3.05) is 0 Å².